The summed E-state index contributed by atoms with van der Waals surface area (Å²) in [5, 5.41) is 16.3. The zero-order chi connectivity index (χ0) is 20.8. The Morgan fingerprint density at radius 2 is 2.00 bits per heavy atom. The van der Waals surface area contributed by atoms with Gasteiger partial charge in [-0.3, -0.25) is 9.59 Å². The van der Waals surface area contributed by atoms with Gasteiger partial charge in [0, 0.05) is 11.9 Å². The number of carbonyl (C=O) groups excluding carboxylic acids is 2. The number of halogens is 1. The zero-order valence-electron chi connectivity index (χ0n) is 15.8. The van der Waals surface area contributed by atoms with Crippen molar-refractivity contribution < 1.29 is 14.0 Å². The van der Waals surface area contributed by atoms with Crippen LogP contribution in [0.1, 0.15) is 18.4 Å². The van der Waals surface area contributed by atoms with E-state index in [1.165, 1.54) is 35.2 Å². The lowest BCUT2D eigenvalue weighted by Gasteiger charge is -2.08. The lowest BCUT2D eigenvalue weighted by Crippen LogP contribution is -2.18. The minimum Gasteiger partial charge on any atom is -0.323 e. The van der Waals surface area contributed by atoms with Crippen molar-refractivity contribution in [2.75, 3.05) is 16.4 Å². The number of amides is 2. The highest BCUT2D eigenvalue weighted by molar-refractivity contribution is 7.99. The van der Waals surface area contributed by atoms with Crippen LogP contribution < -0.4 is 10.6 Å². The first-order chi connectivity index (χ1) is 14.0. The number of anilines is 2. The van der Waals surface area contributed by atoms with E-state index in [4.69, 9.17) is 0 Å². The molecule has 2 heterocycles. The van der Waals surface area contributed by atoms with Crippen LogP contribution in [-0.2, 0) is 22.6 Å². The third kappa shape index (κ3) is 5.61. The van der Waals surface area contributed by atoms with Crippen LogP contribution in [-0.4, -0.2) is 37.3 Å². The van der Waals surface area contributed by atoms with Crippen LogP contribution in [0.5, 0.6) is 0 Å². The quantitative estimate of drug-likeness (QED) is 0.528. The van der Waals surface area contributed by atoms with Crippen LogP contribution in [0.2, 0.25) is 0 Å². The number of hydrogen-bond acceptors (Lipinski definition) is 7. The molecule has 0 saturated heterocycles. The van der Waals surface area contributed by atoms with Gasteiger partial charge in [-0.15, -0.1) is 21.5 Å². The second-order valence-corrected chi connectivity index (χ2v) is 7.78. The van der Waals surface area contributed by atoms with Crippen molar-refractivity contribution in [1.29, 1.82) is 0 Å². The van der Waals surface area contributed by atoms with Crippen LogP contribution >= 0.6 is 23.1 Å². The summed E-state index contributed by atoms with van der Waals surface area (Å²) in [4.78, 5) is 28.5. The highest BCUT2D eigenvalue weighted by Gasteiger charge is 2.17. The van der Waals surface area contributed by atoms with E-state index in [1.54, 1.807) is 16.7 Å². The molecule has 0 saturated carbocycles. The smallest absolute Gasteiger partial charge is 0.236 e. The number of carbonyl (C=O) groups is 2. The number of aryl methyl sites for hydroxylation is 1. The fourth-order valence-corrected chi connectivity index (χ4v) is 4.00. The van der Waals surface area contributed by atoms with E-state index in [2.05, 4.69) is 25.8 Å². The monoisotopic (exact) mass is 434 g/mol. The van der Waals surface area contributed by atoms with Crippen molar-refractivity contribution in [2.45, 2.75) is 32.0 Å². The minimum absolute atomic E-state index is 0.0552. The lowest BCUT2D eigenvalue weighted by atomic mass is 10.3. The van der Waals surface area contributed by atoms with Crippen LogP contribution in [0.4, 0.5) is 15.2 Å². The molecule has 2 amide bonds. The van der Waals surface area contributed by atoms with E-state index >= 15 is 0 Å². The molecule has 0 bridgehead atoms. The summed E-state index contributed by atoms with van der Waals surface area (Å²) in [6.45, 7) is 4.28. The number of aromatic nitrogens is 4. The third-order valence-electron chi connectivity index (χ3n) is 3.77. The fraction of sp³-hybridized carbons (Fsp3) is 0.278. The second kappa shape index (κ2) is 9.61. The maximum Gasteiger partial charge on any atom is 0.236 e. The van der Waals surface area contributed by atoms with E-state index in [1.807, 2.05) is 19.2 Å². The Balaban J connectivity index is 1.58. The lowest BCUT2D eigenvalue weighted by molar-refractivity contribution is -0.116. The van der Waals surface area contributed by atoms with Gasteiger partial charge in [-0.25, -0.2) is 9.37 Å². The first-order valence-electron chi connectivity index (χ1n) is 8.77. The first-order valence-corrected chi connectivity index (χ1v) is 10.6. The van der Waals surface area contributed by atoms with Gasteiger partial charge in [-0.2, -0.15) is 0 Å². The van der Waals surface area contributed by atoms with Crippen molar-refractivity contribution in [2.24, 2.45) is 0 Å². The Labute approximate surface area is 174 Å². The van der Waals surface area contributed by atoms with Crippen LogP contribution in [0, 0.1) is 12.7 Å². The van der Waals surface area contributed by atoms with E-state index < -0.39 is 11.7 Å². The molecule has 11 heteroatoms. The number of rotatable bonds is 8. The molecule has 0 fully saturated rings. The summed E-state index contributed by atoms with van der Waals surface area (Å²) in [6.07, 6.45) is -0.0552. The van der Waals surface area contributed by atoms with Gasteiger partial charge in [-0.1, -0.05) is 23.9 Å². The van der Waals surface area contributed by atoms with Gasteiger partial charge in [0.1, 0.15) is 11.6 Å². The molecule has 0 aliphatic carbocycles. The SMILES string of the molecule is CCn1c(CC(=O)Nc2ccccc2F)nnc1SCC(=O)Nc1nc(C)cs1. The Morgan fingerprint density at radius 1 is 1.21 bits per heavy atom. The number of nitrogens with zero attached hydrogens (tertiary/aromatic N) is 4. The molecule has 0 radical (unpaired) electrons. The number of thioether (sulfide) groups is 1. The van der Waals surface area contributed by atoms with Crippen LogP contribution in [0.15, 0.2) is 34.8 Å². The Bertz CT molecular complexity index is 1020. The summed E-state index contributed by atoms with van der Waals surface area (Å²) in [6, 6.07) is 5.95. The Morgan fingerprint density at radius 3 is 2.69 bits per heavy atom. The average Bonchev–Trinajstić information content (AvgIpc) is 3.27. The number of nitrogens with one attached hydrogen (secondary N) is 2. The van der Waals surface area contributed by atoms with E-state index in [0.717, 1.165) is 5.69 Å². The first kappa shape index (κ1) is 20.9. The molecule has 0 unspecified atom stereocenters. The summed E-state index contributed by atoms with van der Waals surface area (Å²) < 4.78 is 15.4. The molecule has 29 heavy (non-hydrogen) atoms. The summed E-state index contributed by atoms with van der Waals surface area (Å²) in [7, 11) is 0. The molecule has 0 atom stereocenters. The van der Waals surface area contributed by atoms with E-state index in [9.17, 15) is 14.0 Å². The summed E-state index contributed by atoms with van der Waals surface area (Å²) in [5.74, 6) is -0.521. The molecular weight excluding hydrogens is 415 g/mol. The standard InChI is InChI=1S/C18H19FN6O2S2/c1-3-25-14(8-15(26)21-13-7-5-4-6-12(13)19)23-24-18(25)29-10-16(27)22-17-20-11(2)9-28-17/h4-7,9H,3,8,10H2,1-2H3,(H,21,26)(H,20,22,27). The van der Waals surface area contributed by atoms with E-state index in [-0.39, 0.29) is 23.8 Å². The minimum atomic E-state index is -0.504. The molecule has 3 aromatic rings. The Kier molecular flexibility index (Phi) is 6.94. The Hall–Kier alpha value is -2.79. The van der Waals surface area contributed by atoms with Gasteiger partial charge < -0.3 is 15.2 Å². The fourth-order valence-electron chi connectivity index (χ4n) is 2.47. The van der Waals surface area contributed by atoms with Crippen molar-refractivity contribution >= 4 is 45.7 Å². The van der Waals surface area contributed by atoms with Gasteiger partial charge in [0.25, 0.3) is 0 Å². The molecular formula is C18H19FN6O2S2. The molecule has 1 aromatic carbocycles. The van der Waals surface area contributed by atoms with Gasteiger partial charge in [0.05, 0.1) is 23.6 Å². The number of benzene rings is 1. The zero-order valence-corrected chi connectivity index (χ0v) is 17.4. The maximum atomic E-state index is 13.7. The van der Waals surface area contributed by atoms with Crippen LogP contribution in [0.3, 0.4) is 0 Å². The van der Waals surface area contributed by atoms with Crippen molar-refractivity contribution in [3.8, 4) is 0 Å². The van der Waals surface area contributed by atoms with Crippen molar-refractivity contribution in [3.05, 3.63) is 47.0 Å². The van der Waals surface area contributed by atoms with Crippen molar-refractivity contribution in [1.82, 2.24) is 19.7 Å². The topological polar surface area (TPSA) is 102 Å². The molecule has 8 nitrogen and oxygen atoms in total. The molecule has 2 N–H and O–H groups in total. The van der Waals surface area contributed by atoms with E-state index in [0.29, 0.717) is 22.7 Å². The van der Waals surface area contributed by atoms with Gasteiger partial charge in [0.15, 0.2) is 10.3 Å². The molecule has 3 rings (SSSR count). The second-order valence-electron chi connectivity index (χ2n) is 5.98. The largest absolute Gasteiger partial charge is 0.323 e. The molecule has 2 aromatic heterocycles. The molecule has 0 spiro atoms. The molecule has 0 aliphatic rings. The predicted octanol–water partition coefficient (Wildman–Crippen LogP) is 3.11. The van der Waals surface area contributed by atoms with Crippen LogP contribution in [0.25, 0.3) is 0 Å². The van der Waals surface area contributed by atoms with Gasteiger partial charge in [-0.05, 0) is 26.0 Å². The van der Waals surface area contributed by atoms with Gasteiger partial charge >= 0.3 is 0 Å². The molecule has 152 valence electrons. The predicted molar refractivity (Wildman–Crippen MR) is 111 cm³/mol. The number of para-hydroxylation sites is 1. The highest BCUT2D eigenvalue weighted by Crippen LogP contribution is 2.20. The summed E-state index contributed by atoms with van der Waals surface area (Å²) >= 11 is 2.59. The maximum absolute atomic E-state index is 13.7. The van der Waals surface area contributed by atoms with Crippen molar-refractivity contribution in [3.63, 3.8) is 0 Å². The summed E-state index contributed by atoms with van der Waals surface area (Å²) in [5.41, 5.74) is 0.964. The normalized spacial score (nSPS) is 10.7. The number of hydrogen-bond donors (Lipinski definition) is 2. The average molecular weight is 435 g/mol. The highest BCUT2D eigenvalue weighted by atomic mass is 32.2. The molecule has 0 aliphatic heterocycles. The number of thiazole rings is 1. The third-order valence-corrected chi connectivity index (χ3v) is 5.62. The van der Waals surface area contributed by atoms with Gasteiger partial charge in [0.2, 0.25) is 11.8 Å².